The zero-order valence-electron chi connectivity index (χ0n) is 23.5. The summed E-state index contributed by atoms with van der Waals surface area (Å²) in [6.07, 6.45) is 4.15. The van der Waals surface area contributed by atoms with Gasteiger partial charge in [0, 0.05) is 73.6 Å². The Hall–Kier alpha value is -3.19. The van der Waals surface area contributed by atoms with Gasteiger partial charge in [0.1, 0.15) is 18.6 Å². The highest BCUT2D eigenvalue weighted by Crippen LogP contribution is 2.39. The quantitative estimate of drug-likeness (QED) is 0.301. The highest BCUT2D eigenvalue weighted by atomic mass is 31.2. The van der Waals surface area contributed by atoms with Crippen LogP contribution in [0.25, 0.3) is 22.3 Å². The van der Waals surface area contributed by atoms with Gasteiger partial charge in [-0.2, -0.15) is 0 Å². The van der Waals surface area contributed by atoms with Crippen LogP contribution in [0, 0.1) is 5.82 Å². The number of piperidine rings is 1. The minimum absolute atomic E-state index is 0.372. The van der Waals surface area contributed by atoms with Crippen LogP contribution in [0.3, 0.4) is 0 Å². The van der Waals surface area contributed by atoms with Crippen molar-refractivity contribution in [3.05, 3.63) is 66.6 Å². The van der Waals surface area contributed by atoms with E-state index < -0.39 is 7.14 Å². The van der Waals surface area contributed by atoms with Gasteiger partial charge in [-0.05, 0) is 81.2 Å². The van der Waals surface area contributed by atoms with Crippen LogP contribution in [-0.4, -0.2) is 85.5 Å². The molecule has 0 amide bonds. The summed E-state index contributed by atoms with van der Waals surface area (Å²) in [5.41, 5.74) is 5.35. The number of aromatic nitrogens is 2. The predicted octanol–water partition coefficient (Wildman–Crippen LogP) is 5.58. The number of likely N-dealkylation sites (N-methyl/N-ethyl adjacent to an activating group) is 1. The summed E-state index contributed by atoms with van der Waals surface area (Å²) in [6.45, 7) is 10.3. The molecule has 0 aliphatic carbocycles. The van der Waals surface area contributed by atoms with E-state index in [4.69, 9.17) is 0 Å². The summed E-state index contributed by atoms with van der Waals surface area (Å²) in [5.74, 6) is -0.372. The van der Waals surface area contributed by atoms with Crippen molar-refractivity contribution in [2.45, 2.75) is 18.9 Å². The fourth-order valence-electron chi connectivity index (χ4n) is 6.04. The van der Waals surface area contributed by atoms with Crippen molar-refractivity contribution in [1.82, 2.24) is 19.8 Å². The molecule has 7 nitrogen and oxygen atoms in total. The number of benzene rings is 2. The number of fused-ring (bicyclic) bond motifs is 1. The van der Waals surface area contributed by atoms with Crippen LogP contribution in [0.2, 0.25) is 0 Å². The topological polar surface area (TPSA) is 67.5 Å². The maximum absolute atomic E-state index is 14.1. The van der Waals surface area contributed by atoms with Crippen LogP contribution in [0.1, 0.15) is 12.8 Å². The molecule has 40 heavy (non-hydrogen) atoms. The Morgan fingerprint density at radius 2 is 1.65 bits per heavy atom. The number of H-pyrrole nitrogens is 1. The van der Waals surface area contributed by atoms with Crippen LogP contribution in [0.15, 0.2) is 60.8 Å². The Morgan fingerprint density at radius 1 is 0.925 bits per heavy atom. The third kappa shape index (κ3) is 5.67. The van der Waals surface area contributed by atoms with Gasteiger partial charge in [0.05, 0.1) is 11.4 Å². The first-order valence-corrected chi connectivity index (χ1v) is 16.7. The van der Waals surface area contributed by atoms with Crippen molar-refractivity contribution in [2.24, 2.45) is 0 Å². The average Bonchev–Trinajstić information content (AvgIpc) is 3.39. The summed E-state index contributed by atoms with van der Waals surface area (Å²) in [7, 11) is -0.392. The SMILES string of the molecule is CN1CCN(C2CCN(c3ccc(-c4cc5c(Nc6cc(F)ccc6P(C)(C)=O)ccnc5[nH]4)cc3)CC2)CC1. The summed E-state index contributed by atoms with van der Waals surface area (Å²) in [6, 6.07) is 17.7. The number of aromatic amines is 1. The van der Waals surface area contributed by atoms with Gasteiger partial charge in [-0.15, -0.1) is 0 Å². The molecule has 4 heterocycles. The normalized spacial score (nSPS) is 17.9. The number of anilines is 3. The number of nitrogens with one attached hydrogen (secondary N) is 2. The van der Waals surface area contributed by atoms with Crippen molar-refractivity contribution < 1.29 is 8.96 Å². The molecule has 0 saturated carbocycles. The fraction of sp³-hybridized carbons (Fsp3) is 0.387. The second kappa shape index (κ2) is 11.0. The number of hydrogen-bond acceptors (Lipinski definition) is 6. The van der Waals surface area contributed by atoms with Crippen LogP contribution < -0.4 is 15.5 Å². The number of rotatable bonds is 6. The molecule has 2 saturated heterocycles. The standard InChI is InChI=1S/C31H38FN6OP/c1-36-16-18-38(19-17-36)25-11-14-37(15-12-25)24-7-4-22(5-8-24)28-21-26-27(10-13-33-31(26)35-28)34-29-20-23(32)6-9-30(29)40(2,3)39/h4-10,13,20-21,25H,11-12,14-19H2,1-3H3,(H2,33,34,35). The largest absolute Gasteiger partial charge is 0.371 e. The van der Waals surface area contributed by atoms with E-state index >= 15 is 0 Å². The van der Waals surface area contributed by atoms with Crippen molar-refractivity contribution in [2.75, 3.05) is 69.9 Å². The van der Waals surface area contributed by atoms with Crippen LogP contribution in [-0.2, 0) is 4.57 Å². The Morgan fingerprint density at radius 3 is 2.35 bits per heavy atom. The first-order valence-electron chi connectivity index (χ1n) is 14.1. The van der Waals surface area contributed by atoms with Gasteiger partial charge in [0.15, 0.2) is 0 Å². The molecule has 2 aliphatic heterocycles. The Bertz CT molecular complexity index is 1530. The van der Waals surface area contributed by atoms with Crippen molar-refractivity contribution in [3.63, 3.8) is 0 Å². The van der Waals surface area contributed by atoms with Crippen LogP contribution >= 0.6 is 7.14 Å². The van der Waals surface area contributed by atoms with Gasteiger partial charge in [0.2, 0.25) is 0 Å². The van der Waals surface area contributed by atoms with Crippen molar-refractivity contribution in [3.8, 4) is 11.3 Å². The Labute approximate surface area is 235 Å². The maximum Gasteiger partial charge on any atom is 0.139 e. The maximum atomic E-state index is 14.1. The highest BCUT2D eigenvalue weighted by Gasteiger charge is 2.27. The van der Waals surface area contributed by atoms with E-state index in [1.165, 1.54) is 56.8 Å². The van der Waals surface area contributed by atoms with E-state index in [2.05, 4.69) is 67.4 Å². The summed E-state index contributed by atoms with van der Waals surface area (Å²) in [5, 5.41) is 4.84. The smallest absolute Gasteiger partial charge is 0.139 e. The zero-order valence-corrected chi connectivity index (χ0v) is 24.4. The molecule has 210 valence electrons. The summed E-state index contributed by atoms with van der Waals surface area (Å²) in [4.78, 5) is 15.6. The molecule has 2 fully saturated rings. The van der Waals surface area contributed by atoms with E-state index in [9.17, 15) is 8.96 Å². The van der Waals surface area contributed by atoms with Crippen LogP contribution in [0.4, 0.5) is 21.5 Å². The molecule has 4 aromatic rings. The first-order chi connectivity index (χ1) is 19.2. The summed E-state index contributed by atoms with van der Waals surface area (Å²) < 4.78 is 27.0. The molecule has 2 aromatic heterocycles. The van der Waals surface area contributed by atoms with Gasteiger partial charge in [-0.3, -0.25) is 4.90 Å². The lowest BCUT2D eigenvalue weighted by Gasteiger charge is -2.42. The molecule has 0 bridgehead atoms. The molecule has 6 rings (SSSR count). The van der Waals surface area contributed by atoms with Crippen molar-refractivity contribution >= 4 is 40.5 Å². The van der Waals surface area contributed by atoms with E-state index in [-0.39, 0.29) is 5.82 Å². The third-order valence-electron chi connectivity index (χ3n) is 8.40. The number of halogens is 1. The van der Waals surface area contributed by atoms with Crippen molar-refractivity contribution in [1.29, 1.82) is 0 Å². The lowest BCUT2D eigenvalue weighted by atomic mass is 10.0. The van der Waals surface area contributed by atoms with Gasteiger partial charge in [-0.1, -0.05) is 12.1 Å². The second-order valence-electron chi connectivity index (χ2n) is 11.5. The molecule has 0 unspecified atom stereocenters. The lowest BCUT2D eigenvalue weighted by molar-refractivity contribution is 0.0982. The lowest BCUT2D eigenvalue weighted by Crippen LogP contribution is -2.52. The molecule has 0 spiro atoms. The van der Waals surface area contributed by atoms with Gasteiger partial charge >= 0.3 is 0 Å². The number of hydrogen-bond donors (Lipinski definition) is 2. The van der Waals surface area contributed by atoms with Gasteiger partial charge < -0.3 is 24.7 Å². The average molecular weight is 561 g/mol. The number of piperazine rings is 1. The molecule has 2 N–H and O–H groups in total. The summed E-state index contributed by atoms with van der Waals surface area (Å²) >= 11 is 0. The first kappa shape index (κ1) is 27.0. The third-order valence-corrected chi connectivity index (χ3v) is 9.95. The highest BCUT2D eigenvalue weighted by molar-refractivity contribution is 7.70. The van der Waals surface area contributed by atoms with Gasteiger partial charge in [0.25, 0.3) is 0 Å². The molecular formula is C31H38FN6OP. The number of pyridine rings is 1. The van der Waals surface area contributed by atoms with E-state index in [0.717, 1.165) is 41.1 Å². The molecule has 2 aromatic carbocycles. The molecular weight excluding hydrogens is 522 g/mol. The van der Waals surface area contributed by atoms with Gasteiger partial charge in [-0.25, -0.2) is 9.37 Å². The van der Waals surface area contributed by atoms with E-state index in [0.29, 0.717) is 17.0 Å². The molecule has 9 heteroatoms. The van der Waals surface area contributed by atoms with Crippen LogP contribution in [0.5, 0.6) is 0 Å². The Balaban J connectivity index is 1.17. The van der Waals surface area contributed by atoms with E-state index in [1.807, 2.05) is 6.07 Å². The fourth-order valence-corrected chi connectivity index (χ4v) is 7.18. The molecule has 0 radical (unpaired) electrons. The zero-order chi connectivity index (χ0) is 27.9. The Kier molecular flexibility index (Phi) is 7.43. The molecule has 2 aliphatic rings. The number of nitrogens with zero attached hydrogens (tertiary/aromatic N) is 4. The molecule has 0 atom stereocenters. The minimum atomic E-state index is -2.61. The second-order valence-corrected chi connectivity index (χ2v) is 14.7. The minimum Gasteiger partial charge on any atom is -0.371 e. The monoisotopic (exact) mass is 560 g/mol. The van der Waals surface area contributed by atoms with E-state index in [1.54, 1.807) is 25.6 Å². The predicted molar refractivity (Wildman–Crippen MR) is 165 cm³/mol.